The summed E-state index contributed by atoms with van der Waals surface area (Å²) in [7, 11) is 0. The topological polar surface area (TPSA) is 38.3 Å². The van der Waals surface area contributed by atoms with Crippen molar-refractivity contribution in [2.75, 3.05) is 6.61 Å². The van der Waals surface area contributed by atoms with Crippen molar-refractivity contribution in [3.05, 3.63) is 34.3 Å². The molecule has 1 fully saturated rings. The number of nitrogens with one attached hydrogen (secondary N) is 1. The highest BCUT2D eigenvalue weighted by Crippen LogP contribution is 2.23. The summed E-state index contributed by atoms with van der Waals surface area (Å²) >= 11 is 3.42. The molecule has 1 aliphatic heterocycles. The number of hydrogen-bond acceptors (Lipinski definition) is 2. The van der Waals surface area contributed by atoms with Gasteiger partial charge in [-0.25, -0.2) is 0 Å². The second-order valence-corrected chi connectivity index (χ2v) is 5.48. The molecule has 1 N–H and O–H groups in total. The molecule has 0 spiro atoms. The van der Waals surface area contributed by atoms with E-state index in [-0.39, 0.29) is 17.9 Å². The molecule has 1 saturated heterocycles. The van der Waals surface area contributed by atoms with Crippen LogP contribution in [0, 0.1) is 5.92 Å². The van der Waals surface area contributed by atoms with E-state index < -0.39 is 0 Å². The molecule has 1 aliphatic rings. The lowest BCUT2D eigenvalue weighted by Gasteiger charge is -2.16. The lowest BCUT2D eigenvalue weighted by atomic mass is 9.98. The van der Waals surface area contributed by atoms with Gasteiger partial charge in [-0.05, 0) is 30.5 Å². The molecular weight excluding hydrogens is 294 g/mol. The van der Waals surface area contributed by atoms with Crippen LogP contribution in [0.3, 0.4) is 0 Å². The van der Waals surface area contributed by atoms with Gasteiger partial charge in [0.05, 0.1) is 12.0 Å². The molecular formula is C14H18BrNO2. The molecule has 3 nitrogen and oxygen atoms in total. The van der Waals surface area contributed by atoms with Gasteiger partial charge in [0.1, 0.15) is 0 Å². The number of benzene rings is 1. The Kier molecular flexibility index (Phi) is 4.78. The van der Waals surface area contributed by atoms with Crippen LogP contribution < -0.4 is 5.32 Å². The third-order valence-corrected chi connectivity index (χ3v) is 3.80. The van der Waals surface area contributed by atoms with E-state index in [0.717, 1.165) is 22.9 Å². The number of hydrogen-bond donors (Lipinski definition) is 1. The molecule has 1 aromatic rings. The molecule has 4 heteroatoms. The highest BCUT2D eigenvalue weighted by Gasteiger charge is 2.32. The van der Waals surface area contributed by atoms with Crippen molar-refractivity contribution in [2.24, 2.45) is 5.92 Å². The lowest BCUT2D eigenvalue weighted by Crippen LogP contribution is -2.34. The van der Waals surface area contributed by atoms with E-state index in [1.165, 1.54) is 0 Å². The van der Waals surface area contributed by atoms with Gasteiger partial charge in [0.2, 0.25) is 5.91 Å². The van der Waals surface area contributed by atoms with Crippen LogP contribution >= 0.6 is 15.9 Å². The average molecular weight is 312 g/mol. The van der Waals surface area contributed by atoms with Gasteiger partial charge in [0.25, 0.3) is 0 Å². The minimum atomic E-state index is 0.0159. The van der Waals surface area contributed by atoms with Crippen LogP contribution in [0.5, 0.6) is 0 Å². The van der Waals surface area contributed by atoms with Crippen molar-refractivity contribution in [1.29, 1.82) is 0 Å². The van der Waals surface area contributed by atoms with Crippen molar-refractivity contribution >= 4 is 21.8 Å². The molecule has 98 valence electrons. The van der Waals surface area contributed by atoms with Gasteiger partial charge >= 0.3 is 0 Å². The van der Waals surface area contributed by atoms with Crippen LogP contribution in [0.15, 0.2) is 28.7 Å². The van der Waals surface area contributed by atoms with E-state index in [1.54, 1.807) is 0 Å². The Morgan fingerprint density at radius 3 is 3.11 bits per heavy atom. The number of rotatable bonds is 4. The fourth-order valence-electron chi connectivity index (χ4n) is 2.32. The molecule has 1 amide bonds. The zero-order valence-electron chi connectivity index (χ0n) is 10.5. The van der Waals surface area contributed by atoms with Crippen LogP contribution in [0.25, 0.3) is 0 Å². The van der Waals surface area contributed by atoms with Gasteiger partial charge in [-0.15, -0.1) is 0 Å². The summed E-state index contributed by atoms with van der Waals surface area (Å²) in [6.45, 7) is 3.34. The fourth-order valence-corrected chi connectivity index (χ4v) is 2.76. The third-order valence-electron chi connectivity index (χ3n) is 3.30. The minimum absolute atomic E-state index is 0.0159. The predicted molar refractivity (Wildman–Crippen MR) is 74.1 cm³/mol. The van der Waals surface area contributed by atoms with Gasteiger partial charge < -0.3 is 10.1 Å². The van der Waals surface area contributed by atoms with Gasteiger partial charge in [-0.2, -0.15) is 0 Å². The maximum atomic E-state index is 12.1. The normalized spacial score (nSPS) is 23.0. The minimum Gasteiger partial charge on any atom is -0.377 e. The maximum absolute atomic E-state index is 12.1. The van der Waals surface area contributed by atoms with Gasteiger partial charge in [0, 0.05) is 17.6 Å². The lowest BCUT2D eigenvalue weighted by molar-refractivity contribution is -0.126. The third kappa shape index (κ3) is 3.33. The summed E-state index contributed by atoms with van der Waals surface area (Å²) in [6, 6.07) is 7.97. The van der Waals surface area contributed by atoms with Crippen LogP contribution in [-0.2, 0) is 16.1 Å². The van der Waals surface area contributed by atoms with E-state index in [0.29, 0.717) is 13.2 Å². The van der Waals surface area contributed by atoms with Crippen molar-refractivity contribution in [3.63, 3.8) is 0 Å². The number of carbonyl (C=O) groups is 1. The molecule has 0 bridgehead atoms. The highest BCUT2D eigenvalue weighted by molar-refractivity contribution is 9.10. The molecule has 18 heavy (non-hydrogen) atoms. The van der Waals surface area contributed by atoms with Crippen LogP contribution in [-0.4, -0.2) is 18.6 Å². The number of carbonyl (C=O) groups excluding carboxylic acids is 1. The summed E-state index contributed by atoms with van der Waals surface area (Å²) in [5, 5.41) is 2.99. The molecule has 1 heterocycles. The Balaban J connectivity index is 1.88. The van der Waals surface area contributed by atoms with Crippen LogP contribution in [0.4, 0.5) is 0 Å². The number of halogens is 1. The van der Waals surface area contributed by atoms with Crippen molar-refractivity contribution in [2.45, 2.75) is 32.4 Å². The van der Waals surface area contributed by atoms with Crippen molar-refractivity contribution in [1.82, 2.24) is 5.32 Å². The standard InChI is InChI=1S/C14H18BrNO2/c1-2-13-12(6-7-18-13)14(17)16-9-10-4-3-5-11(15)8-10/h3-5,8,12-13H,2,6-7,9H2,1H3,(H,16,17). The molecule has 1 aromatic carbocycles. The Bertz CT molecular complexity index is 422. The Hall–Kier alpha value is -0.870. The van der Waals surface area contributed by atoms with Gasteiger partial charge in [0.15, 0.2) is 0 Å². The second kappa shape index (κ2) is 6.34. The smallest absolute Gasteiger partial charge is 0.226 e. The van der Waals surface area contributed by atoms with E-state index in [2.05, 4.69) is 28.2 Å². The number of ether oxygens (including phenoxy) is 1. The zero-order valence-corrected chi connectivity index (χ0v) is 12.1. The average Bonchev–Trinajstić information content (AvgIpc) is 2.84. The number of amides is 1. The summed E-state index contributed by atoms with van der Waals surface area (Å²) in [5.74, 6) is 0.126. The molecule has 0 aromatic heterocycles. The van der Waals surface area contributed by atoms with Gasteiger partial charge in [-0.3, -0.25) is 4.79 Å². The quantitative estimate of drug-likeness (QED) is 0.928. The van der Waals surface area contributed by atoms with E-state index in [4.69, 9.17) is 4.74 Å². The first kappa shape index (κ1) is 13.6. The summed E-state index contributed by atoms with van der Waals surface area (Å²) in [5.41, 5.74) is 1.10. The molecule has 0 saturated carbocycles. The van der Waals surface area contributed by atoms with Gasteiger partial charge in [-0.1, -0.05) is 35.0 Å². The first-order valence-electron chi connectivity index (χ1n) is 6.34. The molecule has 0 aliphatic carbocycles. The monoisotopic (exact) mass is 311 g/mol. The summed E-state index contributed by atoms with van der Waals surface area (Å²) in [6.07, 6.45) is 1.82. The SMILES string of the molecule is CCC1OCCC1C(=O)NCc1cccc(Br)c1. The summed E-state index contributed by atoms with van der Waals surface area (Å²) in [4.78, 5) is 12.1. The molecule has 2 atom stereocenters. The fraction of sp³-hybridized carbons (Fsp3) is 0.500. The Morgan fingerprint density at radius 2 is 2.39 bits per heavy atom. The molecule has 0 radical (unpaired) electrons. The van der Waals surface area contributed by atoms with Crippen LogP contribution in [0.1, 0.15) is 25.3 Å². The largest absolute Gasteiger partial charge is 0.377 e. The molecule has 2 rings (SSSR count). The van der Waals surface area contributed by atoms with E-state index in [9.17, 15) is 4.79 Å². The Labute approximate surface area is 116 Å². The predicted octanol–water partition coefficient (Wildman–Crippen LogP) is 2.88. The molecule has 2 unspecified atom stereocenters. The van der Waals surface area contributed by atoms with E-state index >= 15 is 0 Å². The second-order valence-electron chi connectivity index (χ2n) is 4.56. The Morgan fingerprint density at radius 1 is 1.56 bits per heavy atom. The first-order valence-corrected chi connectivity index (χ1v) is 7.13. The van der Waals surface area contributed by atoms with Crippen molar-refractivity contribution < 1.29 is 9.53 Å². The first-order chi connectivity index (χ1) is 8.70. The van der Waals surface area contributed by atoms with Crippen LogP contribution in [0.2, 0.25) is 0 Å². The van der Waals surface area contributed by atoms with E-state index in [1.807, 2.05) is 24.3 Å². The zero-order chi connectivity index (χ0) is 13.0. The summed E-state index contributed by atoms with van der Waals surface area (Å²) < 4.78 is 6.57. The highest BCUT2D eigenvalue weighted by atomic mass is 79.9. The maximum Gasteiger partial charge on any atom is 0.226 e. The van der Waals surface area contributed by atoms with Crippen molar-refractivity contribution in [3.8, 4) is 0 Å².